The minimum absolute atomic E-state index is 0.0331. The maximum Gasteiger partial charge on any atom is 0.311 e. The van der Waals surface area contributed by atoms with Gasteiger partial charge in [0.2, 0.25) is 0 Å². The number of anilines is 1. The Morgan fingerprint density at radius 1 is 1.36 bits per heavy atom. The van der Waals surface area contributed by atoms with Gasteiger partial charge < -0.3 is 15.0 Å². The van der Waals surface area contributed by atoms with Crippen molar-refractivity contribution in [3.8, 4) is 0 Å². The molecule has 25 heavy (non-hydrogen) atoms. The van der Waals surface area contributed by atoms with E-state index < -0.39 is 0 Å². The maximum atomic E-state index is 12.9. The molecule has 4 heteroatoms. The third-order valence-electron chi connectivity index (χ3n) is 8.66. The molecule has 3 heterocycles. The molecule has 3 spiro atoms. The van der Waals surface area contributed by atoms with Gasteiger partial charge in [0.1, 0.15) is 6.04 Å². The lowest BCUT2D eigenvalue weighted by atomic mass is 9.57. The summed E-state index contributed by atoms with van der Waals surface area (Å²) in [6.45, 7) is 4.71. The molecule has 2 saturated carbocycles. The van der Waals surface area contributed by atoms with Crippen LogP contribution in [-0.4, -0.2) is 37.7 Å². The molecule has 1 aromatic rings. The van der Waals surface area contributed by atoms with E-state index in [0.717, 1.165) is 19.4 Å². The second-order valence-corrected chi connectivity index (χ2v) is 8.82. The molecule has 4 nitrogen and oxygen atoms in total. The largest absolute Gasteiger partial charge is 0.469 e. The number of hydrogen-bond acceptors (Lipinski definition) is 3. The van der Waals surface area contributed by atoms with Crippen molar-refractivity contribution >= 4 is 11.7 Å². The number of para-hydroxylation sites is 1. The quantitative estimate of drug-likeness (QED) is 0.597. The van der Waals surface area contributed by atoms with Crippen LogP contribution in [0.4, 0.5) is 5.69 Å². The van der Waals surface area contributed by atoms with Gasteiger partial charge in [-0.2, -0.15) is 0 Å². The van der Waals surface area contributed by atoms with E-state index in [9.17, 15) is 4.79 Å². The van der Waals surface area contributed by atoms with Gasteiger partial charge in [0.15, 0.2) is 0 Å². The summed E-state index contributed by atoms with van der Waals surface area (Å²) in [7, 11) is 1.54. The summed E-state index contributed by atoms with van der Waals surface area (Å²) in [4.78, 5) is 14.6. The Hall–Kier alpha value is -1.81. The van der Waals surface area contributed by atoms with Crippen molar-refractivity contribution < 1.29 is 14.4 Å². The number of carbonyl (C=O) groups is 1. The first-order chi connectivity index (χ1) is 12.1. The molecule has 0 radical (unpaired) electrons. The molecule has 6 rings (SSSR count). The summed E-state index contributed by atoms with van der Waals surface area (Å²) in [5.74, 6) is 0.320. The lowest BCUT2D eigenvalue weighted by Gasteiger charge is -2.48. The predicted octanol–water partition coefficient (Wildman–Crippen LogP) is 1.14. The van der Waals surface area contributed by atoms with Gasteiger partial charge in [-0.15, -0.1) is 0 Å². The molecular formula is C21H25N2O2+. The fourth-order valence-corrected chi connectivity index (χ4v) is 8.15. The Morgan fingerprint density at radius 3 is 3.04 bits per heavy atom. The van der Waals surface area contributed by atoms with Gasteiger partial charge >= 0.3 is 5.97 Å². The average molecular weight is 337 g/mol. The van der Waals surface area contributed by atoms with Gasteiger partial charge in [-0.3, -0.25) is 4.79 Å². The fourth-order valence-electron chi connectivity index (χ4n) is 8.15. The van der Waals surface area contributed by atoms with E-state index in [1.54, 1.807) is 12.0 Å². The Balaban J connectivity index is 1.69. The molecular weight excluding hydrogens is 312 g/mol. The molecule has 130 valence electrons. The smallest absolute Gasteiger partial charge is 0.311 e. The van der Waals surface area contributed by atoms with Crippen molar-refractivity contribution in [2.45, 2.75) is 36.8 Å². The third kappa shape index (κ3) is 1.19. The number of fused-ring (bicyclic) bond motifs is 1. The zero-order valence-electron chi connectivity index (χ0n) is 14.8. The number of quaternary nitrogens is 1. The number of methoxy groups -OCH3 is 1. The van der Waals surface area contributed by atoms with Gasteiger partial charge in [0.25, 0.3) is 0 Å². The highest BCUT2D eigenvalue weighted by Gasteiger charge is 2.88. The molecule has 2 aliphatic carbocycles. The SMILES string of the molecule is COC(=O)[C@H]1C[C@@]23C=CC[NH+]4CC[C@@]5(c6ccccc6N[C@]15[C@@H]2C)[C@H]43. The maximum absolute atomic E-state index is 12.9. The van der Waals surface area contributed by atoms with Crippen LogP contribution >= 0.6 is 0 Å². The first-order valence-electron chi connectivity index (χ1n) is 9.59. The highest BCUT2D eigenvalue weighted by molar-refractivity contribution is 5.82. The summed E-state index contributed by atoms with van der Waals surface area (Å²) >= 11 is 0. The second-order valence-electron chi connectivity index (χ2n) is 8.82. The van der Waals surface area contributed by atoms with E-state index in [1.807, 2.05) is 0 Å². The van der Waals surface area contributed by atoms with Gasteiger partial charge in [0.05, 0.1) is 37.1 Å². The zero-order valence-corrected chi connectivity index (χ0v) is 14.8. The minimum Gasteiger partial charge on any atom is -0.469 e. The monoisotopic (exact) mass is 337 g/mol. The summed E-state index contributed by atoms with van der Waals surface area (Å²) in [5.41, 5.74) is 2.66. The average Bonchev–Trinajstić information content (AvgIpc) is 3.29. The van der Waals surface area contributed by atoms with Crippen LogP contribution in [0, 0.1) is 17.3 Å². The van der Waals surface area contributed by atoms with Gasteiger partial charge in [0, 0.05) is 17.5 Å². The first kappa shape index (κ1) is 14.4. The number of ether oxygens (including phenoxy) is 1. The lowest BCUT2D eigenvalue weighted by Crippen LogP contribution is -3.16. The van der Waals surface area contributed by atoms with E-state index in [-0.39, 0.29) is 28.3 Å². The standard InChI is InChI=1S/C21H24N2O2/c1-13-19-8-5-10-23-11-9-20(18(19)23)14-6-3-4-7-16(14)22-21(13,20)15(12-19)17(24)25-2/h3-8,13,15,18,22H,9-12H2,1-2H3/p+1/t13-,15-,18-,19+,20-,21-/m1/s1. The van der Waals surface area contributed by atoms with Gasteiger partial charge in [-0.25, -0.2) is 0 Å². The molecule has 1 unspecified atom stereocenters. The molecule has 7 atom stereocenters. The van der Waals surface area contributed by atoms with Gasteiger partial charge in [-0.05, 0) is 30.0 Å². The van der Waals surface area contributed by atoms with E-state index in [4.69, 9.17) is 4.74 Å². The summed E-state index contributed by atoms with van der Waals surface area (Å²) in [6.07, 6.45) is 6.94. The van der Waals surface area contributed by atoms with E-state index >= 15 is 0 Å². The van der Waals surface area contributed by atoms with Crippen LogP contribution in [0.2, 0.25) is 0 Å². The Bertz CT molecular complexity index is 835. The molecule has 0 aromatic heterocycles. The minimum atomic E-state index is -0.203. The summed E-state index contributed by atoms with van der Waals surface area (Å²) in [6, 6.07) is 9.38. The van der Waals surface area contributed by atoms with Gasteiger partial charge in [-0.1, -0.05) is 31.2 Å². The molecule has 1 aromatic carbocycles. The third-order valence-corrected chi connectivity index (χ3v) is 8.66. The van der Waals surface area contributed by atoms with Crippen LogP contribution in [0.25, 0.3) is 0 Å². The van der Waals surface area contributed by atoms with Crippen LogP contribution in [-0.2, 0) is 14.9 Å². The van der Waals surface area contributed by atoms with Crippen LogP contribution in [0.15, 0.2) is 36.4 Å². The molecule has 3 fully saturated rings. The highest BCUT2D eigenvalue weighted by Crippen LogP contribution is 2.76. The fraction of sp³-hybridized carbons (Fsp3) is 0.571. The zero-order chi connectivity index (χ0) is 17.0. The number of rotatable bonds is 1. The number of carbonyl (C=O) groups excluding carboxylic acids is 1. The van der Waals surface area contributed by atoms with Crippen LogP contribution in [0.1, 0.15) is 25.3 Å². The Kier molecular flexibility index (Phi) is 2.37. The van der Waals surface area contributed by atoms with E-state index in [2.05, 4.69) is 48.7 Å². The molecule has 1 saturated heterocycles. The summed E-state index contributed by atoms with van der Waals surface area (Å²) < 4.78 is 5.31. The first-order valence-corrected chi connectivity index (χ1v) is 9.59. The summed E-state index contributed by atoms with van der Waals surface area (Å²) in [5, 5.41) is 3.94. The lowest BCUT2D eigenvalue weighted by molar-refractivity contribution is -0.917. The molecule has 0 amide bonds. The molecule has 2 bridgehead atoms. The van der Waals surface area contributed by atoms with Crippen LogP contribution in [0.5, 0.6) is 0 Å². The topological polar surface area (TPSA) is 42.8 Å². The molecule has 5 aliphatic rings. The number of esters is 1. The highest BCUT2D eigenvalue weighted by atomic mass is 16.5. The normalized spacial score (nSPS) is 50.2. The Morgan fingerprint density at radius 2 is 2.20 bits per heavy atom. The number of benzene rings is 1. The molecule has 3 aliphatic heterocycles. The van der Waals surface area contributed by atoms with Crippen molar-refractivity contribution in [2.75, 3.05) is 25.5 Å². The number of nitrogens with one attached hydrogen (secondary N) is 2. The molecule has 2 N–H and O–H groups in total. The van der Waals surface area contributed by atoms with Crippen molar-refractivity contribution in [2.24, 2.45) is 17.3 Å². The van der Waals surface area contributed by atoms with E-state index in [1.165, 1.54) is 17.8 Å². The van der Waals surface area contributed by atoms with Crippen LogP contribution < -0.4 is 10.2 Å². The Labute approximate surface area is 148 Å². The van der Waals surface area contributed by atoms with Crippen LogP contribution in [0.3, 0.4) is 0 Å². The van der Waals surface area contributed by atoms with Crippen molar-refractivity contribution in [3.05, 3.63) is 42.0 Å². The van der Waals surface area contributed by atoms with E-state index in [0.29, 0.717) is 12.0 Å². The second kappa shape index (κ2) is 4.12. The van der Waals surface area contributed by atoms with Crippen molar-refractivity contribution in [1.82, 2.24) is 0 Å². The van der Waals surface area contributed by atoms with Crippen molar-refractivity contribution in [3.63, 3.8) is 0 Å². The predicted molar refractivity (Wildman–Crippen MR) is 94.4 cm³/mol. The number of hydrogen-bond donors (Lipinski definition) is 2. The van der Waals surface area contributed by atoms with Crippen molar-refractivity contribution in [1.29, 1.82) is 0 Å².